The van der Waals surface area contributed by atoms with Crippen LogP contribution in [0.1, 0.15) is 26.4 Å². The minimum atomic E-state index is -4.27. The number of morpholine rings is 1. The molecule has 1 amide bonds. The molecule has 0 bridgehead atoms. The van der Waals surface area contributed by atoms with Crippen LogP contribution in [0.3, 0.4) is 0 Å². The van der Waals surface area contributed by atoms with Crippen LogP contribution in [0.4, 0.5) is 10.1 Å². The summed E-state index contributed by atoms with van der Waals surface area (Å²) in [6.45, 7) is 4.40. The lowest BCUT2D eigenvalue weighted by Crippen LogP contribution is -2.41. The number of rotatable bonds is 12. The van der Waals surface area contributed by atoms with E-state index in [0.717, 1.165) is 6.07 Å². The van der Waals surface area contributed by atoms with Crippen LogP contribution in [0.2, 0.25) is 0 Å². The Balaban J connectivity index is 1.52. The summed E-state index contributed by atoms with van der Waals surface area (Å²) in [5.41, 5.74) is 0.0987. The predicted octanol–water partition coefficient (Wildman–Crippen LogP) is 3.68. The number of amides is 1. The molecule has 1 aliphatic rings. The van der Waals surface area contributed by atoms with Crippen molar-refractivity contribution in [3.05, 3.63) is 89.4 Å². The maximum Gasteiger partial charge on any atom is 0.356 e. The number of ether oxygens (including phenoxy) is 3. The highest BCUT2D eigenvalue weighted by atomic mass is 32.2. The molecule has 0 saturated carbocycles. The molecule has 1 fully saturated rings. The van der Waals surface area contributed by atoms with E-state index >= 15 is 0 Å². The van der Waals surface area contributed by atoms with Gasteiger partial charge in [-0.1, -0.05) is 12.1 Å². The number of methoxy groups -OCH3 is 1. The van der Waals surface area contributed by atoms with Crippen molar-refractivity contribution in [2.45, 2.75) is 11.8 Å². The number of sulfonamides is 1. The molecule has 0 atom stereocenters. The Morgan fingerprint density at radius 1 is 1.07 bits per heavy atom. The van der Waals surface area contributed by atoms with Crippen molar-refractivity contribution in [2.24, 2.45) is 0 Å². The Morgan fingerprint density at radius 3 is 2.46 bits per heavy atom. The van der Waals surface area contributed by atoms with Gasteiger partial charge in [0.15, 0.2) is 5.69 Å². The Hall–Kier alpha value is -4.83. The number of carboxylic acid groups (broad SMARTS) is 1. The number of benzene rings is 3. The highest BCUT2D eigenvalue weighted by Crippen LogP contribution is 2.35. The number of nitrogens with one attached hydrogen (secondary N) is 2. The molecule has 4 aromatic rings. The lowest BCUT2D eigenvalue weighted by atomic mass is 10.2. The number of halogens is 1. The van der Waals surface area contributed by atoms with Gasteiger partial charge in [0.25, 0.3) is 5.91 Å². The quantitative estimate of drug-likeness (QED) is 0.206. The van der Waals surface area contributed by atoms with E-state index in [9.17, 15) is 27.5 Å². The third-order valence-corrected chi connectivity index (χ3v) is 8.71. The fourth-order valence-corrected chi connectivity index (χ4v) is 5.94. The molecule has 46 heavy (non-hydrogen) atoms. The zero-order chi connectivity index (χ0) is 32.8. The zero-order valence-electron chi connectivity index (χ0n) is 25.0. The number of hydrogen-bond acceptors (Lipinski definition) is 9. The van der Waals surface area contributed by atoms with Gasteiger partial charge in [0.1, 0.15) is 22.2 Å². The smallest absolute Gasteiger partial charge is 0.356 e. The van der Waals surface area contributed by atoms with Gasteiger partial charge in [-0.05, 0) is 61.5 Å². The first-order chi connectivity index (χ1) is 22.1. The van der Waals surface area contributed by atoms with Crippen molar-refractivity contribution >= 4 is 27.6 Å². The highest BCUT2D eigenvalue weighted by molar-refractivity contribution is 7.89. The predicted molar refractivity (Wildman–Crippen MR) is 165 cm³/mol. The molecule has 5 rings (SSSR count). The number of carbonyl (C=O) groups excluding carboxylic acids is 1. The molecule has 3 aromatic carbocycles. The lowest BCUT2D eigenvalue weighted by Gasteiger charge is -2.26. The summed E-state index contributed by atoms with van der Waals surface area (Å²) < 4.78 is 62.3. The van der Waals surface area contributed by atoms with E-state index in [1.54, 1.807) is 24.3 Å². The van der Waals surface area contributed by atoms with Crippen LogP contribution in [0, 0.1) is 12.7 Å². The standard InChI is InChI=1S/C31H32FN5O8S/c1-20-28(31(39)40)35-37(22-8-10-23(43-2)11-9-22)30(20)45-26-12-7-21(34-29(38)24-5-3-4-6-25(24)32)19-27(26)46(41,42)33-13-14-36-15-17-44-18-16-36/h3-12,19,33H,13-18H2,1-2H3,(H,34,38)(H,39,40). The Morgan fingerprint density at radius 2 is 1.78 bits per heavy atom. The molecule has 3 N–H and O–H groups in total. The van der Waals surface area contributed by atoms with Crippen LogP contribution in [0.25, 0.3) is 5.69 Å². The van der Waals surface area contributed by atoms with Crippen LogP contribution in [-0.2, 0) is 14.8 Å². The molecule has 1 aromatic heterocycles. The van der Waals surface area contributed by atoms with Gasteiger partial charge in [-0.3, -0.25) is 9.69 Å². The first-order valence-electron chi connectivity index (χ1n) is 14.2. The van der Waals surface area contributed by atoms with E-state index in [-0.39, 0.29) is 45.6 Å². The van der Waals surface area contributed by atoms with Gasteiger partial charge in [-0.2, -0.15) is 9.78 Å². The molecule has 242 valence electrons. The fourth-order valence-electron chi connectivity index (χ4n) is 4.77. The van der Waals surface area contributed by atoms with Crippen LogP contribution in [-0.4, -0.2) is 86.6 Å². The summed E-state index contributed by atoms with van der Waals surface area (Å²) in [6.07, 6.45) is 0. The summed E-state index contributed by atoms with van der Waals surface area (Å²) in [6, 6.07) is 15.9. The largest absolute Gasteiger partial charge is 0.497 e. The highest BCUT2D eigenvalue weighted by Gasteiger charge is 2.27. The van der Waals surface area contributed by atoms with E-state index in [0.29, 0.717) is 44.3 Å². The van der Waals surface area contributed by atoms with Gasteiger partial charge in [-0.15, -0.1) is 0 Å². The average Bonchev–Trinajstić information content (AvgIpc) is 3.38. The van der Waals surface area contributed by atoms with Crippen molar-refractivity contribution in [3.8, 4) is 23.1 Å². The van der Waals surface area contributed by atoms with E-state index < -0.39 is 27.7 Å². The number of aromatic carboxylic acids is 1. The van der Waals surface area contributed by atoms with Crippen LogP contribution >= 0.6 is 0 Å². The molecule has 1 saturated heterocycles. The third kappa shape index (κ3) is 7.34. The van der Waals surface area contributed by atoms with Crippen molar-refractivity contribution in [1.29, 1.82) is 0 Å². The van der Waals surface area contributed by atoms with Crippen LogP contribution in [0.5, 0.6) is 17.4 Å². The summed E-state index contributed by atoms with van der Waals surface area (Å²) in [4.78, 5) is 26.5. The van der Waals surface area contributed by atoms with Gasteiger partial charge in [-0.25, -0.2) is 22.3 Å². The number of aromatic nitrogens is 2. The SMILES string of the molecule is COc1ccc(-n2nc(C(=O)O)c(C)c2Oc2ccc(NC(=O)c3ccccc3F)cc2S(=O)(=O)NCCN2CCOCC2)cc1. The number of anilines is 1. The van der Waals surface area contributed by atoms with Crippen LogP contribution < -0.4 is 19.5 Å². The molecular formula is C31H32FN5O8S. The molecule has 1 aliphatic heterocycles. The summed E-state index contributed by atoms with van der Waals surface area (Å²) >= 11 is 0. The first kappa shape index (κ1) is 32.6. The number of carboxylic acids is 1. The Labute approximate surface area is 264 Å². The first-order valence-corrected chi connectivity index (χ1v) is 15.7. The number of hydrogen-bond donors (Lipinski definition) is 3. The minimum Gasteiger partial charge on any atom is -0.497 e. The molecule has 0 unspecified atom stereocenters. The molecule has 0 spiro atoms. The van der Waals surface area contributed by atoms with E-state index in [1.165, 1.54) is 55.1 Å². The monoisotopic (exact) mass is 653 g/mol. The molecule has 13 nitrogen and oxygen atoms in total. The van der Waals surface area contributed by atoms with Gasteiger partial charge in [0.2, 0.25) is 15.9 Å². The number of carbonyl (C=O) groups is 2. The van der Waals surface area contributed by atoms with Gasteiger partial charge in [0, 0.05) is 37.4 Å². The lowest BCUT2D eigenvalue weighted by molar-refractivity contribution is 0.0390. The molecule has 15 heteroatoms. The summed E-state index contributed by atoms with van der Waals surface area (Å²) in [5, 5.41) is 16.5. The Kier molecular flexibility index (Phi) is 9.96. The second-order valence-electron chi connectivity index (χ2n) is 10.2. The molecular weight excluding hydrogens is 621 g/mol. The molecule has 0 radical (unpaired) electrons. The second-order valence-corrected chi connectivity index (χ2v) is 12.0. The van der Waals surface area contributed by atoms with Crippen molar-refractivity contribution < 1.29 is 41.7 Å². The van der Waals surface area contributed by atoms with E-state index in [2.05, 4.69) is 20.0 Å². The van der Waals surface area contributed by atoms with Crippen molar-refractivity contribution in [2.75, 3.05) is 51.8 Å². The van der Waals surface area contributed by atoms with Crippen molar-refractivity contribution in [3.63, 3.8) is 0 Å². The summed E-state index contributed by atoms with van der Waals surface area (Å²) in [7, 11) is -2.77. The van der Waals surface area contributed by atoms with E-state index in [4.69, 9.17) is 14.2 Å². The normalized spacial score (nSPS) is 13.7. The van der Waals surface area contributed by atoms with Gasteiger partial charge < -0.3 is 24.6 Å². The minimum absolute atomic E-state index is 0.0459. The summed E-state index contributed by atoms with van der Waals surface area (Å²) in [5.74, 6) is -2.49. The second kappa shape index (κ2) is 14.1. The van der Waals surface area contributed by atoms with Gasteiger partial charge in [0.05, 0.1) is 31.6 Å². The molecule has 2 heterocycles. The maximum absolute atomic E-state index is 14.3. The Bertz CT molecular complexity index is 1840. The average molecular weight is 654 g/mol. The third-order valence-electron chi connectivity index (χ3n) is 7.23. The van der Waals surface area contributed by atoms with Crippen molar-refractivity contribution in [1.82, 2.24) is 19.4 Å². The number of nitrogens with zero attached hydrogens (tertiary/aromatic N) is 3. The topological polar surface area (TPSA) is 161 Å². The molecule has 0 aliphatic carbocycles. The zero-order valence-corrected chi connectivity index (χ0v) is 25.8. The van der Waals surface area contributed by atoms with Gasteiger partial charge >= 0.3 is 5.97 Å². The maximum atomic E-state index is 14.3. The fraction of sp³-hybridized carbons (Fsp3) is 0.258. The van der Waals surface area contributed by atoms with E-state index in [1.807, 2.05) is 0 Å². The van der Waals surface area contributed by atoms with Crippen LogP contribution in [0.15, 0.2) is 71.6 Å².